The van der Waals surface area contributed by atoms with Gasteiger partial charge in [-0.3, -0.25) is 0 Å². The monoisotopic (exact) mass is 366 g/mol. The number of aryl methyl sites for hydroxylation is 2. The lowest BCUT2D eigenvalue weighted by Gasteiger charge is -2.37. The van der Waals surface area contributed by atoms with E-state index in [1.165, 1.54) is 0 Å². The number of aliphatic hydroxyl groups excluding tert-OH is 1. The third-order valence-corrected chi connectivity index (χ3v) is 5.35. The van der Waals surface area contributed by atoms with E-state index in [0.717, 1.165) is 41.0 Å². The Morgan fingerprint density at radius 2 is 1.96 bits per heavy atom. The molecule has 3 aromatic rings. The molecule has 0 spiro atoms. The predicted octanol–water partition coefficient (Wildman–Crippen LogP) is 4.30. The molecule has 0 fully saturated rings. The topological polar surface area (TPSA) is 56.0 Å². The smallest absolute Gasteiger partial charge is 0.180 e. The van der Waals surface area contributed by atoms with Gasteiger partial charge < -0.3 is 19.0 Å². The molecule has 1 aliphatic heterocycles. The van der Waals surface area contributed by atoms with Gasteiger partial charge in [0, 0.05) is 24.1 Å². The summed E-state index contributed by atoms with van der Waals surface area (Å²) < 4.78 is 14.5. The SMILES string of the molecule is CCCCO[C@@H]1c2ccn3c(C)c(C)nc3c2O[C@H](c2ccccc2)[C@@H]1O. The van der Waals surface area contributed by atoms with Crippen molar-refractivity contribution >= 4 is 5.65 Å². The highest BCUT2D eigenvalue weighted by Gasteiger charge is 2.40. The summed E-state index contributed by atoms with van der Waals surface area (Å²) in [5.41, 5.74) is 4.63. The van der Waals surface area contributed by atoms with Crippen LogP contribution >= 0.6 is 0 Å². The van der Waals surface area contributed by atoms with Crippen LogP contribution in [0.1, 0.15) is 54.5 Å². The van der Waals surface area contributed by atoms with Gasteiger partial charge in [-0.2, -0.15) is 0 Å². The van der Waals surface area contributed by atoms with Crippen molar-refractivity contribution in [2.24, 2.45) is 0 Å². The van der Waals surface area contributed by atoms with Crippen LogP contribution in [0.5, 0.6) is 5.75 Å². The second-order valence-corrected chi connectivity index (χ2v) is 7.16. The Kier molecular flexibility index (Phi) is 4.89. The van der Waals surface area contributed by atoms with Crippen LogP contribution in [0, 0.1) is 13.8 Å². The minimum atomic E-state index is -0.781. The third kappa shape index (κ3) is 3.11. The average Bonchev–Trinajstić information content (AvgIpc) is 2.98. The molecule has 2 aromatic heterocycles. The van der Waals surface area contributed by atoms with E-state index in [1.54, 1.807) is 0 Å². The maximum absolute atomic E-state index is 11.1. The Bertz CT molecular complexity index is 936. The first-order valence-corrected chi connectivity index (χ1v) is 9.61. The molecule has 0 saturated carbocycles. The molecule has 0 saturated heterocycles. The summed E-state index contributed by atoms with van der Waals surface area (Å²) >= 11 is 0. The fourth-order valence-electron chi connectivity index (χ4n) is 3.66. The molecule has 0 amide bonds. The lowest BCUT2D eigenvalue weighted by molar-refractivity contribution is -0.102. The fourth-order valence-corrected chi connectivity index (χ4v) is 3.66. The van der Waals surface area contributed by atoms with Gasteiger partial charge >= 0.3 is 0 Å². The summed E-state index contributed by atoms with van der Waals surface area (Å²) in [7, 11) is 0. The first kappa shape index (κ1) is 18.0. The fraction of sp³-hybridized carbons (Fsp3) is 0.409. The highest BCUT2D eigenvalue weighted by molar-refractivity contribution is 5.62. The van der Waals surface area contributed by atoms with Gasteiger partial charge in [0.25, 0.3) is 0 Å². The molecule has 0 bridgehead atoms. The van der Waals surface area contributed by atoms with E-state index in [2.05, 4.69) is 6.92 Å². The van der Waals surface area contributed by atoms with Gasteiger partial charge in [-0.1, -0.05) is 43.7 Å². The van der Waals surface area contributed by atoms with Gasteiger partial charge in [0.2, 0.25) is 0 Å². The molecule has 3 atom stereocenters. The van der Waals surface area contributed by atoms with Gasteiger partial charge in [0.15, 0.2) is 17.5 Å². The number of fused-ring (bicyclic) bond motifs is 3. The number of hydrogen-bond acceptors (Lipinski definition) is 4. The first-order valence-electron chi connectivity index (χ1n) is 9.61. The zero-order valence-electron chi connectivity index (χ0n) is 16.1. The summed E-state index contributed by atoms with van der Waals surface area (Å²) in [6.45, 7) is 6.78. The zero-order chi connectivity index (χ0) is 19.0. The van der Waals surface area contributed by atoms with Gasteiger partial charge in [0.05, 0.1) is 5.69 Å². The molecule has 1 aliphatic rings. The molecule has 1 aromatic carbocycles. The van der Waals surface area contributed by atoms with Crippen LogP contribution in [-0.2, 0) is 4.74 Å². The molecule has 27 heavy (non-hydrogen) atoms. The summed E-state index contributed by atoms with van der Waals surface area (Å²) in [5.74, 6) is 0.703. The van der Waals surface area contributed by atoms with Crippen LogP contribution < -0.4 is 4.74 Å². The quantitative estimate of drug-likeness (QED) is 0.684. The van der Waals surface area contributed by atoms with E-state index in [9.17, 15) is 5.11 Å². The van der Waals surface area contributed by atoms with Crippen molar-refractivity contribution in [2.75, 3.05) is 6.61 Å². The Labute approximate surface area is 159 Å². The van der Waals surface area contributed by atoms with Gasteiger partial charge in [-0.25, -0.2) is 4.98 Å². The third-order valence-electron chi connectivity index (χ3n) is 5.35. The highest BCUT2D eigenvalue weighted by atomic mass is 16.5. The van der Waals surface area contributed by atoms with E-state index in [1.807, 2.05) is 60.8 Å². The molecule has 5 heteroatoms. The van der Waals surface area contributed by atoms with Crippen LogP contribution in [0.15, 0.2) is 42.6 Å². The van der Waals surface area contributed by atoms with E-state index < -0.39 is 18.3 Å². The molecule has 5 nitrogen and oxygen atoms in total. The number of nitrogens with zero attached hydrogens (tertiary/aromatic N) is 2. The molecule has 3 heterocycles. The van der Waals surface area contributed by atoms with Crippen LogP contribution in [-0.4, -0.2) is 27.2 Å². The van der Waals surface area contributed by atoms with Crippen LogP contribution in [0.25, 0.3) is 5.65 Å². The number of pyridine rings is 1. The highest BCUT2D eigenvalue weighted by Crippen LogP contribution is 2.45. The normalized spacial score (nSPS) is 21.9. The largest absolute Gasteiger partial charge is 0.479 e. The number of ether oxygens (including phenoxy) is 2. The predicted molar refractivity (Wildman–Crippen MR) is 104 cm³/mol. The van der Waals surface area contributed by atoms with Gasteiger partial charge in [0.1, 0.15) is 12.2 Å². The molecular weight excluding hydrogens is 340 g/mol. The molecule has 142 valence electrons. The van der Waals surface area contributed by atoms with Crippen molar-refractivity contribution in [1.82, 2.24) is 9.38 Å². The molecule has 0 aliphatic carbocycles. The number of aromatic nitrogens is 2. The number of unbranched alkanes of at least 4 members (excludes halogenated alkanes) is 1. The molecule has 0 unspecified atom stereocenters. The first-order chi connectivity index (χ1) is 13.1. The van der Waals surface area contributed by atoms with Crippen LogP contribution in [0.3, 0.4) is 0 Å². The zero-order valence-corrected chi connectivity index (χ0v) is 16.1. The maximum Gasteiger partial charge on any atom is 0.180 e. The molecule has 1 N–H and O–H groups in total. The van der Waals surface area contributed by atoms with Crippen molar-refractivity contribution in [2.45, 2.75) is 51.9 Å². The lowest BCUT2D eigenvalue weighted by atomic mass is 9.92. The summed E-state index contributed by atoms with van der Waals surface area (Å²) in [6.07, 6.45) is 2.28. The van der Waals surface area contributed by atoms with Crippen LogP contribution in [0.4, 0.5) is 0 Å². The molecule has 0 radical (unpaired) electrons. The second kappa shape index (κ2) is 7.33. The van der Waals surface area contributed by atoms with E-state index >= 15 is 0 Å². The molecular formula is C22H26N2O3. The summed E-state index contributed by atoms with van der Waals surface area (Å²) in [6, 6.07) is 11.8. The van der Waals surface area contributed by atoms with E-state index in [0.29, 0.717) is 12.4 Å². The van der Waals surface area contributed by atoms with Crippen molar-refractivity contribution in [3.05, 3.63) is 65.1 Å². The Balaban J connectivity index is 1.82. The van der Waals surface area contributed by atoms with Crippen molar-refractivity contribution in [3.63, 3.8) is 0 Å². The van der Waals surface area contributed by atoms with Crippen molar-refractivity contribution in [3.8, 4) is 5.75 Å². The van der Waals surface area contributed by atoms with Crippen molar-refractivity contribution < 1.29 is 14.6 Å². The summed E-state index contributed by atoms with van der Waals surface area (Å²) in [5, 5.41) is 11.1. The summed E-state index contributed by atoms with van der Waals surface area (Å²) in [4.78, 5) is 4.71. The van der Waals surface area contributed by atoms with E-state index in [4.69, 9.17) is 14.5 Å². The van der Waals surface area contributed by atoms with Crippen molar-refractivity contribution in [1.29, 1.82) is 0 Å². The number of imidazole rings is 1. The van der Waals surface area contributed by atoms with E-state index in [-0.39, 0.29) is 0 Å². The standard InChI is InChI=1S/C22H26N2O3/c1-4-5-13-26-20-17-11-12-24-15(3)14(2)23-22(24)21(17)27-19(18(20)25)16-9-7-6-8-10-16/h6-12,18-20,25H,4-5,13H2,1-3H3/t18-,19+,20+/m0/s1. The lowest BCUT2D eigenvalue weighted by Crippen LogP contribution is -2.36. The Morgan fingerprint density at radius 1 is 1.19 bits per heavy atom. The minimum Gasteiger partial charge on any atom is -0.479 e. The van der Waals surface area contributed by atoms with Crippen LogP contribution in [0.2, 0.25) is 0 Å². The number of hydrogen-bond donors (Lipinski definition) is 1. The average molecular weight is 366 g/mol. The number of benzene rings is 1. The molecule has 4 rings (SSSR count). The van der Waals surface area contributed by atoms with Gasteiger partial charge in [-0.15, -0.1) is 0 Å². The number of rotatable bonds is 5. The second-order valence-electron chi connectivity index (χ2n) is 7.16. The minimum absolute atomic E-state index is 0.437. The number of aliphatic hydroxyl groups is 1. The Hall–Kier alpha value is -2.37. The Morgan fingerprint density at radius 3 is 2.70 bits per heavy atom. The maximum atomic E-state index is 11.1. The van der Waals surface area contributed by atoms with Gasteiger partial charge in [-0.05, 0) is 31.9 Å².